The lowest BCUT2D eigenvalue weighted by molar-refractivity contribution is 0.0662. The Morgan fingerprint density at radius 1 is 1.61 bits per heavy atom. The summed E-state index contributed by atoms with van der Waals surface area (Å²) < 4.78 is 5.19. The van der Waals surface area contributed by atoms with Crippen LogP contribution in [0.3, 0.4) is 0 Å². The Kier molecular flexibility index (Phi) is 3.61. The molecule has 1 aromatic rings. The minimum absolute atomic E-state index is 0.0282. The Balaban J connectivity index is 2.11. The van der Waals surface area contributed by atoms with Gasteiger partial charge < -0.3 is 19.9 Å². The zero-order chi connectivity index (χ0) is 13.2. The number of aromatic carboxylic acids is 1. The van der Waals surface area contributed by atoms with Crippen molar-refractivity contribution >= 4 is 11.9 Å². The number of carbonyl (C=O) groups is 1. The molecule has 0 aliphatic heterocycles. The molecule has 1 fully saturated rings. The highest BCUT2D eigenvalue weighted by Gasteiger charge is 2.35. The SMILES string of the molecule is CC1CCCC(CO)(Nc2ccc(C(=O)O)o2)C1. The molecule has 1 aliphatic carbocycles. The van der Waals surface area contributed by atoms with Crippen LogP contribution in [0.25, 0.3) is 0 Å². The van der Waals surface area contributed by atoms with E-state index in [9.17, 15) is 9.90 Å². The maximum atomic E-state index is 10.7. The third-order valence-corrected chi connectivity index (χ3v) is 3.60. The molecule has 1 saturated carbocycles. The predicted molar refractivity (Wildman–Crippen MR) is 66.7 cm³/mol. The summed E-state index contributed by atoms with van der Waals surface area (Å²) in [6.45, 7) is 2.19. The number of carboxylic acid groups (broad SMARTS) is 1. The zero-order valence-electron chi connectivity index (χ0n) is 10.5. The van der Waals surface area contributed by atoms with Gasteiger partial charge in [0.2, 0.25) is 5.76 Å². The van der Waals surface area contributed by atoms with Crippen LogP contribution in [-0.4, -0.2) is 28.3 Å². The van der Waals surface area contributed by atoms with Crippen molar-refractivity contribution in [3.05, 3.63) is 17.9 Å². The number of furan rings is 1. The quantitative estimate of drug-likeness (QED) is 0.767. The van der Waals surface area contributed by atoms with Crippen molar-refractivity contribution in [2.24, 2.45) is 5.92 Å². The molecule has 2 rings (SSSR count). The Morgan fingerprint density at radius 2 is 2.39 bits per heavy atom. The molecular formula is C13H19NO4. The van der Waals surface area contributed by atoms with E-state index in [2.05, 4.69) is 12.2 Å². The molecule has 0 aromatic carbocycles. The van der Waals surface area contributed by atoms with Gasteiger partial charge in [0.05, 0.1) is 12.1 Å². The second-order valence-corrected chi connectivity index (χ2v) is 5.23. The van der Waals surface area contributed by atoms with E-state index in [0.29, 0.717) is 11.8 Å². The van der Waals surface area contributed by atoms with Gasteiger partial charge in [-0.2, -0.15) is 0 Å². The van der Waals surface area contributed by atoms with Crippen molar-refractivity contribution in [2.45, 2.75) is 38.1 Å². The van der Waals surface area contributed by atoms with Crippen LogP contribution in [0.2, 0.25) is 0 Å². The van der Waals surface area contributed by atoms with Crippen molar-refractivity contribution in [1.29, 1.82) is 0 Å². The highest BCUT2D eigenvalue weighted by molar-refractivity contribution is 5.84. The second-order valence-electron chi connectivity index (χ2n) is 5.23. The summed E-state index contributed by atoms with van der Waals surface area (Å²) in [6, 6.07) is 3.02. The van der Waals surface area contributed by atoms with Crippen molar-refractivity contribution in [1.82, 2.24) is 0 Å². The van der Waals surface area contributed by atoms with Crippen LogP contribution in [0.15, 0.2) is 16.5 Å². The first-order valence-electron chi connectivity index (χ1n) is 6.27. The minimum atomic E-state index is -1.09. The highest BCUT2D eigenvalue weighted by Crippen LogP contribution is 2.35. The summed E-state index contributed by atoms with van der Waals surface area (Å²) in [5, 5.41) is 21.6. The minimum Gasteiger partial charge on any atom is -0.475 e. The molecule has 1 heterocycles. The fraction of sp³-hybridized carbons (Fsp3) is 0.615. The Bertz CT molecular complexity index is 428. The fourth-order valence-electron chi connectivity index (χ4n) is 2.74. The number of aliphatic hydroxyl groups is 1. The van der Waals surface area contributed by atoms with Crippen LogP contribution in [0.4, 0.5) is 5.88 Å². The third kappa shape index (κ3) is 2.67. The number of hydrogen-bond donors (Lipinski definition) is 3. The largest absolute Gasteiger partial charge is 0.475 e. The lowest BCUT2D eigenvalue weighted by Gasteiger charge is -2.39. The van der Waals surface area contributed by atoms with Crippen molar-refractivity contribution in [3.8, 4) is 0 Å². The van der Waals surface area contributed by atoms with Gasteiger partial charge in [-0.3, -0.25) is 0 Å². The second kappa shape index (κ2) is 5.02. The lowest BCUT2D eigenvalue weighted by Crippen LogP contribution is -2.45. The summed E-state index contributed by atoms with van der Waals surface area (Å²) in [5.41, 5.74) is -0.384. The van der Waals surface area contributed by atoms with Crippen LogP contribution in [0.5, 0.6) is 0 Å². The Hall–Kier alpha value is -1.49. The van der Waals surface area contributed by atoms with Crippen molar-refractivity contribution in [3.63, 3.8) is 0 Å². The van der Waals surface area contributed by atoms with Crippen molar-refractivity contribution < 1.29 is 19.4 Å². The third-order valence-electron chi connectivity index (χ3n) is 3.60. The van der Waals surface area contributed by atoms with Gasteiger partial charge in [0.1, 0.15) is 0 Å². The predicted octanol–water partition coefficient (Wildman–Crippen LogP) is 2.33. The molecule has 0 amide bonds. The van der Waals surface area contributed by atoms with E-state index >= 15 is 0 Å². The lowest BCUT2D eigenvalue weighted by atomic mass is 9.77. The molecule has 0 radical (unpaired) electrons. The van der Waals surface area contributed by atoms with E-state index in [4.69, 9.17) is 9.52 Å². The highest BCUT2D eigenvalue weighted by atomic mass is 16.4. The molecule has 3 N–H and O–H groups in total. The van der Waals surface area contributed by atoms with Crippen LogP contribution in [0, 0.1) is 5.92 Å². The number of rotatable bonds is 4. The van der Waals surface area contributed by atoms with Gasteiger partial charge in [-0.05, 0) is 24.8 Å². The molecule has 100 valence electrons. The first-order chi connectivity index (χ1) is 8.54. The normalized spacial score (nSPS) is 28.0. The number of anilines is 1. The van der Waals surface area contributed by atoms with E-state index in [0.717, 1.165) is 19.3 Å². The van der Waals surface area contributed by atoms with E-state index in [1.165, 1.54) is 12.5 Å². The maximum absolute atomic E-state index is 10.7. The van der Waals surface area contributed by atoms with Gasteiger partial charge in [-0.15, -0.1) is 0 Å². The number of hydrogen-bond acceptors (Lipinski definition) is 4. The molecule has 0 spiro atoms. The molecule has 18 heavy (non-hydrogen) atoms. The van der Waals surface area contributed by atoms with Crippen LogP contribution < -0.4 is 5.32 Å². The first kappa shape index (κ1) is 13.0. The van der Waals surface area contributed by atoms with Crippen LogP contribution in [0.1, 0.15) is 43.2 Å². The standard InChI is InChI=1S/C13H19NO4/c1-9-3-2-6-13(7-9,8-15)14-11-5-4-10(18-11)12(16)17/h4-5,9,14-15H,2-3,6-8H2,1H3,(H,16,17). The average Bonchev–Trinajstić information content (AvgIpc) is 2.77. The van der Waals surface area contributed by atoms with Crippen LogP contribution in [-0.2, 0) is 0 Å². The van der Waals surface area contributed by atoms with Gasteiger partial charge in [-0.1, -0.05) is 19.8 Å². The van der Waals surface area contributed by atoms with Crippen LogP contribution >= 0.6 is 0 Å². The van der Waals surface area contributed by atoms with E-state index in [1.807, 2.05) is 0 Å². The fourth-order valence-corrected chi connectivity index (χ4v) is 2.74. The molecular weight excluding hydrogens is 234 g/mol. The smallest absolute Gasteiger partial charge is 0.371 e. The zero-order valence-corrected chi connectivity index (χ0v) is 10.5. The van der Waals surface area contributed by atoms with Gasteiger partial charge in [0.25, 0.3) is 0 Å². The topological polar surface area (TPSA) is 82.7 Å². The number of carboxylic acids is 1. The first-order valence-corrected chi connectivity index (χ1v) is 6.27. The molecule has 0 bridgehead atoms. The number of nitrogens with one attached hydrogen (secondary N) is 1. The summed E-state index contributed by atoms with van der Waals surface area (Å²) in [4.78, 5) is 10.7. The van der Waals surface area contributed by atoms with Gasteiger partial charge >= 0.3 is 5.97 Å². The molecule has 2 atom stereocenters. The average molecular weight is 253 g/mol. The molecule has 5 heteroatoms. The van der Waals surface area contributed by atoms with E-state index < -0.39 is 5.97 Å². The summed E-state index contributed by atoms with van der Waals surface area (Å²) in [5.74, 6) is -0.213. The molecule has 2 unspecified atom stereocenters. The van der Waals surface area contributed by atoms with E-state index in [-0.39, 0.29) is 17.9 Å². The monoisotopic (exact) mass is 253 g/mol. The Morgan fingerprint density at radius 3 is 2.94 bits per heavy atom. The summed E-state index contributed by atoms with van der Waals surface area (Å²) >= 11 is 0. The molecule has 1 aliphatic rings. The maximum Gasteiger partial charge on any atom is 0.371 e. The van der Waals surface area contributed by atoms with Gasteiger partial charge in [0, 0.05) is 6.07 Å². The van der Waals surface area contributed by atoms with Gasteiger partial charge in [0.15, 0.2) is 5.88 Å². The van der Waals surface area contributed by atoms with E-state index in [1.54, 1.807) is 6.07 Å². The number of aliphatic hydroxyl groups excluding tert-OH is 1. The summed E-state index contributed by atoms with van der Waals surface area (Å²) in [7, 11) is 0. The molecule has 0 saturated heterocycles. The Labute approximate surface area is 106 Å². The van der Waals surface area contributed by atoms with Crippen molar-refractivity contribution in [2.75, 3.05) is 11.9 Å². The molecule has 5 nitrogen and oxygen atoms in total. The summed E-state index contributed by atoms with van der Waals surface area (Å²) in [6.07, 6.45) is 3.97. The molecule has 1 aromatic heterocycles. The van der Waals surface area contributed by atoms with Gasteiger partial charge in [-0.25, -0.2) is 4.79 Å².